The highest BCUT2D eigenvalue weighted by molar-refractivity contribution is 5.58. The lowest BCUT2D eigenvalue weighted by Crippen LogP contribution is -2.36. The zero-order chi connectivity index (χ0) is 6.97. The predicted molar refractivity (Wildman–Crippen MR) is 34.4 cm³/mol. The molecule has 0 aliphatic carbocycles. The maximum absolute atomic E-state index is 9.19. The molecule has 10 heavy (non-hydrogen) atoms. The van der Waals surface area contributed by atoms with E-state index in [9.17, 15) is 5.11 Å². The number of nitrogens with one attached hydrogen (secondary N) is 1. The number of azo groups is 1. The van der Waals surface area contributed by atoms with Crippen molar-refractivity contribution in [2.75, 3.05) is 0 Å². The van der Waals surface area contributed by atoms with Gasteiger partial charge in [-0.2, -0.15) is 10.2 Å². The third kappa shape index (κ3) is 0.640. The Morgan fingerprint density at radius 1 is 1.60 bits per heavy atom. The minimum absolute atomic E-state index is 0.281. The number of aliphatic imine (C=N–C) groups is 1. The lowest BCUT2D eigenvalue weighted by Gasteiger charge is -2.18. The SMILES string of the molecule is O[C@@H]1NC=N[C@H]2N=NC=C21. The van der Waals surface area contributed by atoms with E-state index < -0.39 is 6.23 Å². The molecular formula is C5H6N4O. The Morgan fingerprint density at radius 3 is 3.30 bits per heavy atom. The average molecular weight is 138 g/mol. The van der Waals surface area contributed by atoms with Crippen LogP contribution in [0.4, 0.5) is 0 Å². The summed E-state index contributed by atoms with van der Waals surface area (Å²) in [4.78, 5) is 3.92. The van der Waals surface area contributed by atoms with Gasteiger partial charge in [0.05, 0.1) is 12.5 Å². The first-order chi connectivity index (χ1) is 4.88. The fourth-order valence-electron chi connectivity index (χ4n) is 0.905. The molecular weight excluding hydrogens is 132 g/mol. The second-order valence-electron chi connectivity index (χ2n) is 2.08. The topological polar surface area (TPSA) is 69.3 Å². The largest absolute Gasteiger partial charge is 0.370 e. The number of hydrogen-bond acceptors (Lipinski definition) is 5. The summed E-state index contributed by atoms with van der Waals surface area (Å²) < 4.78 is 0. The van der Waals surface area contributed by atoms with Crippen LogP contribution in [0.2, 0.25) is 0 Å². The van der Waals surface area contributed by atoms with Crippen LogP contribution in [-0.4, -0.2) is 23.8 Å². The van der Waals surface area contributed by atoms with Gasteiger partial charge in [-0.05, 0) is 0 Å². The highest BCUT2D eigenvalue weighted by atomic mass is 16.3. The van der Waals surface area contributed by atoms with Crippen molar-refractivity contribution in [2.24, 2.45) is 15.2 Å². The van der Waals surface area contributed by atoms with E-state index in [2.05, 4.69) is 20.5 Å². The van der Waals surface area contributed by atoms with Gasteiger partial charge in [-0.15, -0.1) is 0 Å². The van der Waals surface area contributed by atoms with E-state index in [1.165, 1.54) is 12.5 Å². The second kappa shape index (κ2) is 1.88. The third-order valence-electron chi connectivity index (χ3n) is 1.44. The summed E-state index contributed by atoms with van der Waals surface area (Å²) in [7, 11) is 0. The van der Waals surface area contributed by atoms with Gasteiger partial charge in [0.25, 0.3) is 0 Å². The molecule has 5 nitrogen and oxygen atoms in total. The van der Waals surface area contributed by atoms with Gasteiger partial charge in [0.2, 0.25) is 0 Å². The molecule has 52 valence electrons. The molecule has 0 aromatic carbocycles. The standard InChI is InChI=1S/C5H6N4O/c10-5-3-1-8-9-4(3)6-2-7-5/h1-2,4-5,10H,(H,6,7)/t4-,5-/m0/s1. The Hall–Kier alpha value is -1.23. The molecule has 2 N–H and O–H groups in total. The molecule has 0 bridgehead atoms. The number of aliphatic hydroxyl groups excluding tert-OH is 1. The first-order valence-corrected chi connectivity index (χ1v) is 2.93. The number of rotatable bonds is 0. The number of nitrogens with zero attached hydrogens (tertiary/aromatic N) is 3. The molecule has 0 amide bonds. The molecule has 2 atom stereocenters. The highest BCUT2D eigenvalue weighted by Gasteiger charge is 2.25. The van der Waals surface area contributed by atoms with Gasteiger partial charge >= 0.3 is 0 Å². The van der Waals surface area contributed by atoms with Gasteiger partial charge in [0, 0.05) is 5.57 Å². The van der Waals surface area contributed by atoms with E-state index in [0.29, 0.717) is 5.57 Å². The summed E-state index contributed by atoms with van der Waals surface area (Å²) in [6, 6.07) is 0. The fourth-order valence-corrected chi connectivity index (χ4v) is 0.905. The summed E-state index contributed by atoms with van der Waals surface area (Å²) >= 11 is 0. The minimum atomic E-state index is -0.669. The van der Waals surface area contributed by atoms with Crippen molar-refractivity contribution >= 4 is 6.34 Å². The van der Waals surface area contributed by atoms with Gasteiger partial charge < -0.3 is 10.4 Å². The first-order valence-electron chi connectivity index (χ1n) is 2.93. The molecule has 0 fully saturated rings. The maximum Gasteiger partial charge on any atom is 0.189 e. The van der Waals surface area contributed by atoms with Gasteiger partial charge in [-0.25, -0.2) is 4.99 Å². The average Bonchev–Trinajstić information content (AvgIpc) is 2.36. The first kappa shape index (κ1) is 5.55. The van der Waals surface area contributed by atoms with Crippen molar-refractivity contribution < 1.29 is 5.11 Å². The molecule has 2 aliphatic rings. The van der Waals surface area contributed by atoms with E-state index in [4.69, 9.17) is 0 Å². The summed E-state index contributed by atoms with van der Waals surface area (Å²) in [6.07, 6.45) is 2.02. The van der Waals surface area contributed by atoms with Crippen molar-refractivity contribution in [3.63, 3.8) is 0 Å². The van der Waals surface area contributed by atoms with Crippen LogP contribution in [-0.2, 0) is 0 Å². The Labute approximate surface area is 57.2 Å². The Morgan fingerprint density at radius 2 is 2.50 bits per heavy atom. The Kier molecular flexibility index (Phi) is 1.04. The molecule has 0 aromatic rings. The quantitative estimate of drug-likeness (QED) is 0.478. The second-order valence-corrected chi connectivity index (χ2v) is 2.08. The van der Waals surface area contributed by atoms with Crippen LogP contribution in [0.3, 0.4) is 0 Å². The predicted octanol–water partition coefficient (Wildman–Crippen LogP) is -0.388. The van der Waals surface area contributed by atoms with Crippen molar-refractivity contribution in [3.8, 4) is 0 Å². The van der Waals surface area contributed by atoms with Crippen LogP contribution in [0, 0.1) is 0 Å². The summed E-state index contributed by atoms with van der Waals surface area (Å²) in [6.45, 7) is 0. The van der Waals surface area contributed by atoms with E-state index in [-0.39, 0.29) is 6.17 Å². The van der Waals surface area contributed by atoms with E-state index in [1.807, 2.05) is 0 Å². The molecule has 5 heteroatoms. The van der Waals surface area contributed by atoms with E-state index in [0.717, 1.165) is 0 Å². The van der Waals surface area contributed by atoms with Crippen molar-refractivity contribution in [2.45, 2.75) is 12.4 Å². The molecule has 2 heterocycles. The van der Waals surface area contributed by atoms with Crippen molar-refractivity contribution in [1.82, 2.24) is 5.32 Å². The Bertz CT molecular complexity index is 232. The van der Waals surface area contributed by atoms with Crippen molar-refractivity contribution in [1.29, 1.82) is 0 Å². The number of aliphatic hydroxyl groups is 1. The molecule has 0 radical (unpaired) electrons. The summed E-state index contributed by atoms with van der Waals surface area (Å²) in [5.41, 5.74) is 0.711. The van der Waals surface area contributed by atoms with Crippen LogP contribution in [0.1, 0.15) is 0 Å². The number of fused-ring (bicyclic) bond motifs is 1. The minimum Gasteiger partial charge on any atom is -0.370 e. The molecule has 0 saturated carbocycles. The van der Waals surface area contributed by atoms with Crippen molar-refractivity contribution in [3.05, 3.63) is 11.8 Å². The van der Waals surface area contributed by atoms with Crippen LogP contribution in [0.5, 0.6) is 0 Å². The van der Waals surface area contributed by atoms with E-state index in [1.54, 1.807) is 0 Å². The summed E-state index contributed by atoms with van der Waals surface area (Å²) in [5.74, 6) is 0. The third-order valence-corrected chi connectivity index (χ3v) is 1.44. The van der Waals surface area contributed by atoms with Crippen LogP contribution in [0.25, 0.3) is 0 Å². The monoisotopic (exact) mass is 138 g/mol. The lowest BCUT2D eigenvalue weighted by atomic mass is 10.2. The van der Waals surface area contributed by atoms with Gasteiger partial charge in [0.15, 0.2) is 12.4 Å². The van der Waals surface area contributed by atoms with Gasteiger partial charge in [-0.3, -0.25) is 0 Å². The zero-order valence-electron chi connectivity index (χ0n) is 5.10. The fraction of sp³-hybridized carbons (Fsp3) is 0.400. The Balaban J connectivity index is 2.32. The zero-order valence-corrected chi connectivity index (χ0v) is 5.10. The smallest absolute Gasteiger partial charge is 0.189 e. The molecule has 0 unspecified atom stereocenters. The van der Waals surface area contributed by atoms with Crippen LogP contribution < -0.4 is 5.32 Å². The van der Waals surface area contributed by atoms with Crippen LogP contribution >= 0.6 is 0 Å². The number of hydrogen-bond donors (Lipinski definition) is 2. The maximum atomic E-state index is 9.19. The lowest BCUT2D eigenvalue weighted by molar-refractivity contribution is 0.187. The van der Waals surface area contributed by atoms with Crippen LogP contribution in [0.15, 0.2) is 27.0 Å². The molecule has 0 saturated heterocycles. The molecule has 0 aromatic heterocycles. The summed E-state index contributed by atoms with van der Waals surface area (Å²) in [5, 5.41) is 19.2. The highest BCUT2D eigenvalue weighted by Crippen LogP contribution is 2.19. The molecule has 2 aliphatic heterocycles. The van der Waals surface area contributed by atoms with Gasteiger partial charge in [-0.1, -0.05) is 0 Å². The molecule has 2 rings (SSSR count). The van der Waals surface area contributed by atoms with E-state index >= 15 is 0 Å². The normalized spacial score (nSPS) is 35.1. The molecule has 0 spiro atoms. The van der Waals surface area contributed by atoms with Gasteiger partial charge in [0.1, 0.15) is 0 Å².